The predicted octanol–water partition coefficient (Wildman–Crippen LogP) is 5.41. The summed E-state index contributed by atoms with van der Waals surface area (Å²) in [5, 5.41) is 6.98. The number of hydrogen-bond acceptors (Lipinski definition) is 3. The van der Waals surface area contributed by atoms with Crippen LogP contribution in [-0.4, -0.2) is 17.4 Å². The van der Waals surface area contributed by atoms with Crippen molar-refractivity contribution >= 4 is 28.9 Å². The summed E-state index contributed by atoms with van der Waals surface area (Å²) in [6.45, 7) is 2.65. The van der Waals surface area contributed by atoms with Gasteiger partial charge in [0.05, 0.1) is 17.4 Å². The second kappa shape index (κ2) is 8.86. The van der Waals surface area contributed by atoms with Gasteiger partial charge >= 0.3 is 0 Å². The quantitative estimate of drug-likeness (QED) is 0.669. The highest BCUT2D eigenvalue weighted by Gasteiger charge is 2.09. The number of carbonyl (C=O) groups is 1. The molecule has 2 aromatic rings. The number of pyridine rings is 1. The van der Waals surface area contributed by atoms with Crippen molar-refractivity contribution in [3.8, 4) is 0 Å². The van der Waals surface area contributed by atoms with Gasteiger partial charge in [0.15, 0.2) is 0 Å². The smallest absolute Gasteiger partial charge is 0.252 e. The number of aromatic nitrogens is 1. The van der Waals surface area contributed by atoms with E-state index in [1.807, 2.05) is 31.2 Å². The average Bonchev–Trinajstić information content (AvgIpc) is 2.65. The van der Waals surface area contributed by atoms with Crippen molar-refractivity contribution in [3.63, 3.8) is 0 Å². The van der Waals surface area contributed by atoms with Crippen LogP contribution < -0.4 is 10.6 Å². The Morgan fingerprint density at radius 2 is 2.12 bits per heavy atom. The number of nitrogens with one attached hydrogen (secondary N) is 2. The van der Waals surface area contributed by atoms with Gasteiger partial charge in [-0.15, -0.1) is 0 Å². The number of benzene rings is 1. The van der Waals surface area contributed by atoms with E-state index in [4.69, 9.17) is 11.6 Å². The Kier molecular flexibility index (Phi) is 6.29. The van der Waals surface area contributed by atoms with Gasteiger partial charge in [-0.1, -0.05) is 23.3 Å². The fourth-order valence-corrected chi connectivity index (χ4v) is 3.35. The van der Waals surface area contributed by atoms with Gasteiger partial charge < -0.3 is 10.6 Å². The number of anilines is 2. The van der Waals surface area contributed by atoms with Crippen molar-refractivity contribution in [1.29, 1.82) is 0 Å². The lowest BCUT2D eigenvalue weighted by molar-refractivity contribution is 0.0953. The number of nitrogens with zero attached hydrogens (tertiary/aromatic N) is 1. The van der Waals surface area contributed by atoms with Crippen LogP contribution in [-0.2, 0) is 0 Å². The number of aryl methyl sites for hydroxylation is 1. The van der Waals surface area contributed by atoms with Crippen LogP contribution >= 0.6 is 11.6 Å². The standard InChI is InChI=1S/C21H24ClN3O/c1-15-11-18(22)7-8-20(15)25-19-12-17(13-23-14-19)21(26)24-10-9-16-5-3-2-4-6-16/h5,7-8,11-14,25H,2-4,6,9-10H2,1H3,(H,24,26). The molecule has 0 atom stereocenters. The second-order valence-electron chi connectivity index (χ2n) is 6.66. The average molecular weight is 370 g/mol. The summed E-state index contributed by atoms with van der Waals surface area (Å²) in [6, 6.07) is 7.47. The zero-order valence-corrected chi connectivity index (χ0v) is 15.8. The van der Waals surface area contributed by atoms with Gasteiger partial charge in [0.2, 0.25) is 0 Å². The van der Waals surface area contributed by atoms with Crippen LogP contribution in [0.5, 0.6) is 0 Å². The molecule has 0 bridgehead atoms. The van der Waals surface area contributed by atoms with Crippen molar-refractivity contribution in [2.75, 3.05) is 11.9 Å². The highest BCUT2D eigenvalue weighted by atomic mass is 35.5. The molecule has 2 N–H and O–H groups in total. The first-order chi connectivity index (χ1) is 12.6. The Hall–Kier alpha value is -2.33. The molecule has 0 unspecified atom stereocenters. The molecule has 0 saturated heterocycles. The van der Waals surface area contributed by atoms with Crippen LogP contribution in [0.15, 0.2) is 48.3 Å². The zero-order chi connectivity index (χ0) is 18.4. The van der Waals surface area contributed by atoms with E-state index < -0.39 is 0 Å². The molecular formula is C21H24ClN3O. The third-order valence-electron chi connectivity index (χ3n) is 4.58. The van der Waals surface area contributed by atoms with Crippen molar-refractivity contribution in [1.82, 2.24) is 10.3 Å². The van der Waals surface area contributed by atoms with E-state index in [1.165, 1.54) is 24.8 Å². The molecule has 0 radical (unpaired) electrons. The Morgan fingerprint density at radius 1 is 1.23 bits per heavy atom. The minimum Gasteiger partial charge on any atom is -0.354 e. The minimum absolute atomic E-state index is 0.0922. The van der Waals surface area contributed by atoms with Gasteiger partial charge in [0, 0.05) is 23.5 Å². The Labute approximate surface area is 159 Å². The summed E-state index contributed by atoms with van der Waals surface area (Å²) in [5.41, 5.74) is 4.77. The summed E-state index contributed by atoms with van der Waals surface area (Å²) >= 11 is 5.99. The molecule has 136 valence electrons. The van der Waals surface area contributed by atoms with Crippen LogP contribution in [0.25, 0.3) is 0 Å². The zero-order valence-electron chi connectivity index (χ0n) is 15.0. The molecule has 4 nitrogen and oxygen atoms in total. The van der Waals surface area contributed by atoms with Gasteiger partial charge in [0.1, 0.15) is 0 Å². The van der Waals surface area contributed by atoms with E-state index in [1.54, 1.807) is 12.4 Å². The fraction of sp³-hybridized carbons (Fsp3) is 0.333. The first-order valence-corrected chi connectivity index (χ1v) is 9.44. The number of rotatable bonds is 6. The molecule has 0 spiro atoms. The maximum absolute atomic E-state index is 12.4. The van der Waals surface area contributed by atoms with E-state index in [2.05, 4.69) is 21.7 Å². The molecule has 1 heterocycles. The molecule has 1 aromatic heterocycles. The number of hydrogen-bond donors (Lipinski definition) is 2. The fourth-order valence-electron chi connectivity index (χ4n) is 3.13. The third kappa shape index (κ3) is 5.09. The normalized spacial score (nSPS) is 13.8. The Balaban J connectivity index is 1.59. The summed E-state index contributed by atoms with van der Waals surface area (Å²) < 4.78 is 0. The van der Waals surface area contributed by atoms with Crippen LogP contribution in [0.2, 0.25) is 5.02 Å². The van der Waals surface area contributed by atoms with Crippen molar-refractivity contribution in [2.24, 2.45) is 0 Å². The van der Waals surface area contributed by atoms with Gasteiger partial charge in [-0.2, -0.15) is 0 Å². The molecule has 1 amide bonds. The second-order valence-corrected chi connectivity index (χ2v) is 7.10. The van der Waals surface area contributed by atoms with E-state index in [0.29, 0.717) is 17.1 Å². The van der Waals surface area contributed by atoms with Gasteiger partial charge in [0.25, 0.3) is 5.91 Å². The van der Waals surface area contributed by atoms with E-state index in [0.717, 1.165) is 29.8 Å². The van der Waals surface area contributed by atoms with Gasteiger partial charge in [-0.25, -0.2) is 0 Å². The molecule has 1 aliphatic carbocycles. The van der Waals surface area contributed by atoms with Crippen molar-refractivity contribution < 1.29 is 4.79 Å². The molecule has 0 aliphatic heterocycles. The van der Waals surface area contributed by atoms with E-state index in [9.17, 15) is 4.79 Å². The predicted molar refractivity (Wildman–Crippen MR) is 107 cm³/mol. The summed E-state index contributed by atoms with van der Waals surface area (Å²) in [7, 11) is 0. The highest BCUT2D eigenvalue weighted by Crippen LogP contribution is 2.23. The topological polar surface area (TPSA) is 54.0 Å². The molecule has 3 rings (SSSR count). The lowest BCUT2D eigenvalue weighted by Gasteiger charge is -2.13. The van der Waals surface area contributed by atoms with E-state index in [-0.39, 0.29) is 5.91 Å². The van der Waals surface area contributed by atoms with Crippen LogP contribution in [0.4, 0.5) is 11.4 Å². The summed E-state index contributed by atoms with van der Waals surface area (Å²) in [4.78, 5) is 16.6. The number of halogens is 1. The molecular weight excluding hydrogens is 346 g/mol. The van der Waals surface area contributed by atoms with Crippen LogP contribution in [0, 0.1) is 6.92 Å². The summed E-state index contributed by atoms with van der Waals surface area (Å²) in [6.07, 6.45) is 11.4. The molecule has 0 fully saturated rings. The first-order valence-electron chi connectivity index (χ1n) is 9.06. The number of amides is 1. The van der Waals surface area contributed by atoms with Crippen molar-refractivity contribution in [3.05, 3.63) is 64.5 Å². The SMILES string of the molecule is Cc1cc(Cl)ccc1Nc1cncc(C(=O)NCCC2=CCCCC2)c1. The molecule has 1 aromatic carbocycles. The summed E-state index contributed by atoms with van der Waals surface area (Å²) in [5.74, 6) is -0.0922. The largest absolute Gasteiger partial charge is 0.354 e. The van der Waals surface area contributed by atoms with E-state index >= 15 is 0 Å². The number of allylic oxidation sites excluding steroid dienone is 1. The van der Waals surface area contributed by atoms with Gasteiger partial charge in [-0.3, -0.25) is 9.78 Å². The number of carbonyl (C=O) groups excluding carboxylic acids is 1. The molecule has 0 saturated carbocycles. The minimum atomic E-state index is -0.0922. The van der Waals surface area contributed by atoms with Gasteiger partial charge in [-0.05, 0) is 68.9 Å². The molecule has 1 aliphatic rings. The maximum atomic E-state index is 12.4. The molecule has 26 heavy (non-hydrogen) atoms. The lowest BCUT2D eigenvalue weighted by atomic mass is 9.97. The first kappa shape index (κ1) is 18.5. The highest BCUT2D eigenvalue weighted by molar-refractivity contribution is 6.30. The van der Waals surface area contributed by atoms with Crippen molar-refractivity contribution in [2.45, 2.75) is 39.0 Å². The van der Waals surface area contributed by atoms with Crippen LogP contribution in [0.3, 0.4) is 0 Å². The van der Waals surface area contributed by atoms with Crippen LogP contribution in [0.1, 0.15) is 48.0 Å². The Bertz CT molecular complexity index is 817. The Morgan fingerprint density at radius 3 is 2.88 bits per heavy atom. The monoisotopic (exact) mass is 369 g/mol. The third-order valence-corrected chi connectivity index (χ3v) is 4.82. The maximum Gasteiger partial charge on any atom is 0.252 e. The molecule has 5 heteroatoms. The lowest BCUT2D eigenvalue weighted by Crippen LogP contribution is -2.25.